The summed E-state index contributed by atoms with van der Waals surface area (Å²) in [5, 5.41) is 2.76. The Morgan fingerprint density at radius 3 is 2.00 bits per heavy atom. The Morgan fingerprint density at radius 2 is 1.52 bits per heavy atom. The SMILES string of the molecule is Cc1ccc(CN(CC(=O)N[C@@H](C)c2ccc(S(C)(=O)=O)cc2)S(C)(=O)=O)cc1. The van der Waals surface area contributed by atoms with Crippen LogP contribution in [0.5, 0.6) is 0 Å². The summed E-state index contributed by atoms with van der Waals surface area (Å²) in [7, 11) is -6.88. The van der Waals surface area contributed by atoms with E-state index in [1.807, 2.05) is 31.2 Å². The predicted octanol–water partition coefficient (Wildman–Crippen LogP) is 2.04. The number of hydrogen-bond acceptors (Lipinski definition) is 5. The first-order valence-electron chi connectivity index (χ1n) is 8.96. The fraction of sp³-hybridized carbons (Fsp3) is 0.350. The fourth-order valence-electron chi connectivity index (χ4n) is 2.72. The van der Waals surface area contributed by atoms with Gasteiger partial charge in [0.2, 0.25) is 15.9 Å². The lowest BCUT2D eigenvalue weighted by atomic mass is 10.1. The molecule has 0 aromatic heterocycles. The highest BCUT2D eigenvalue weighted by molar-refractivity contribution is 7.90. The molecule has 7 nitrogen and oxygen atoms in total. The zero-order valence-corrected chi connectivity index (χ0v) is 18.5. The Balaban J connectivity index is 2.06. The van der Waals surface area contributed by atoms with Gasteiger partial charge in [0.15, 0.2) is 9.84 Å². The summed E-state index contributed by atoms with van der Waals surface area (Å²) in [6.07, 6.45) is 2.20. The predicted molar refractivity (Wildman–Crippen MR) is 113 cm³/mol. The minimum absolute atomic E-state index is 0.101. The van der Waals surface area contributed by atoms with Gasteiger partial charge in [0, 0.05) is 12.8 Å². The molecular formula is C20H26N2O5S2. The van der Waals surface area contributed by atoms with Gasteiger partial charge in [0.05, 0.1) is 23.7 Å². The van der Waals surface area contributed by atoms with Crippen LogP contribution >= 0.6 is 0 Å². The number of rotatable bonds is 8. The molecule has 0 aliphatic carbocycles. The smallest absolute Gasteiger partial charge is 0.235 e. The van der Waals surface area contributed by atoms with Gasteiger partial charge in [-0.3, -0.25) is 4.79 Å². The van der Waals surface area contributed by atoms with E-state index in [4.69, 9.17) is 0 Å². The van der Waals surface area contributed by atoms with Gasteiger partial charge >= 0.3 is 0 Å². The molecule has 2 aromatic rings. The van der Waals surface area contributed by atoms with Gasteiger partial charge in [-0.2, -0.15) is 4.31 Å². The molecule has 0 bridgehead atoms. The van der Waals surface area contributed by atoms with E-state index >= 15 is 0 Å². The third-order valence-corrected chi connectivity index (χ3v) is 6.78. The molecule has 9 heteroatoms. The number of hydrogen-bond donors (Lipinski definition) is 1. The number of amides is 1. The molecule has 158 valence electrons. The molecule has 0 aliphatic rings. The molecule has 0 fully saturated rings. The molecule has 1 amide bonds. The van der Waals surface area contributed by atoms with Crippen LogP contribution < -0.4 is 5.32 Å². The first-order valence-corrected chi connectivity index (χ1v) is 12.7. The van der Waals surface area contributed by atoms with Gasteiger partial charge in [-0.25, -0.2) is 16.8 Å². The van der Waals surface area contributed by atoms with Crippen LogP contribution in [-0.4, -0.2) is 46.1 Å². The zero-order chi connectivity index (χ0) is 21.8. The van der Waals surface area contributed by atoms with Crippen molar-refractivity contribution < 1.29 is 21.6 Å². The van der Waals surface area contributed by atoms with Gasteiger partial charge in [-0.1, -0.05) is 42.0 Å². The number of benzene rings is 2. The van der Waals surface area contributed by atoms with E-state index in [0.29, 0.717) is 0 Å². The lowest BCUT2D eigenvalue weighted by Gasteiger charge is -2.21. The average Bonchev–Trinajstić information content (AvgIpc) is 2.61. The Labute approximate surface area is 172 Å². The molecule has 0 unspecified atom stereocenters. The minimum Gasteiger partial charge on any atom is -0.348 e. The van der Waals surface area contributed by atoms with E-state index in [2.05, 4.69) is 5.32 Å². The second-order valence-corrected chi connectivity index (χ2v) is 11.1. The molecule has 0 heterocycles. The van der Waals surface area contributed by atoms with E-state index in [0.717, 1.165) is 33.5 Å². The number of nitrogens with zero attached hydrogens (tertiary/aromatic N) is 1. The zero-order valence-electron chi connectivity index (χ0n) is 16.9. The highest BCUT2D eigenvalue weighted by Crippen LogP contribution is 2.16. The number of nitrogens with one attached hydrogen (secondary N) is 1. The molecule has 2 aromatic carbocycles. The van der Waals surface area contributed by atoms with E-state index in [1.165, 1.54) is 12.1 Å². The molecule has 0 radical (unpaired) electrons. The molecule has 29 heavy (non-hydrogen) atoms. The molecule has 1 N–H and O–H groups in total. The highest BCUT2D eigenvalue weighted by Gasteiger charge is 2.22. The Morgan fingerprint density at radius 1 is 0.966 bits per heavy atom. The molecule has 0 spiro atoms. The van der Waals surface area contributed by atoms with Crippen molar-refractivity contribution in [3.63, 3.8) is 0 Å². The number of aryl methyl sites for hydroxylation is 1. The van der Waals surface area contributed by atoms with Gasteiger partial charge in [-0.05, 0) is 37.1 Å². The summed E-state index contributed by atoms with van der Waals surface area (Å²) in [4.78, 5) is 12.6. The van der Waals surface area contributed by atoms with Crippen LogP contribution in [0.15, 0.2) is 53.4 Å². The summed E-state index contributed by atoms with van der Waals surface area (Å²) in [5.41, 5.74) is 2.57. The fourth-order valence-corrected chi connectivity index (χ4v) is 4.09. The second-order valence-electron chi connectivity index (χ2n) is 7.15. The van der Waals surface area contributed by atoms with Crippen LogP contribution in [-0.2, 0) is 31.2 Å². The van der Waals surface area contributed by atoms with Crippen molar-refractivity contribution in [1.29, 1.82) is 0 Å². The maximum atomic E-state index is 12.4. The Bertz CT molecular complexity index is 1060. The molecule has 1 atom stereocenters. The maximum Gasteiger partial charge on any atom is 0.235 e. The van der Waals surface area contributed by atoms with Gasteiger partial charge in [0.1, 0.15) is 0 Å². The van der Waals surface area contributed by atoms with Crippen LogP contribution in [0.2, 0.25) is 0 Å². The van der Waals surface area contributed by atoms with E-state index < -0.39 is 31.8 Å². The second kappa shape index (κ2) is 9.06. The minimum atomic E-state index is -3.58. The van der Waals surface area contributed by atoms with Gasteiger partial charge in [-0.15, -0.1) is 0 Å². The Kier molecular flexibility index (Phi) is 7.20. The summed E-state index contributed by atoms with van der Waals surface area (Å²) in [6, 6.07) is 13.2. The van der Waals surface area contributed by atoms with Crippen molar-refractivity contribution in [1.82, 2.24) is 9.62 Å². The normalized spacial score (nSPS) is 13.3. The summed E-state index contributed by atoms with van der Waals surface area (Å²) in [6.45, 7) is 3.48. The van der Waals surface area contributed by atoms with Gasteiger partial charge in [0.25, 0.3) is 0 Å². The molecule has 0 saturated heterocycles. The summed E-state index contributed by atoms with van der Waals surface area (Å²) < 4.78 is 48.4. The molecular weight excluding hydrogens is 412 g/mol. The van der Waals surface area contributed by atoms with Crippen molar-refractivity contribution in [2.24, 2.45) is 0 Å². The van der Waals surface area contributed by atoms with Crippen LogP contribution in [0.4, 0.5) is 0 Å². The number of carbonyl (C=O) groups excluding carboxylic acids is 1. The summed E-state index contributed by atoms with van der Waals surface area (Å²) in [5.74, 6) is -0.442. The lowest BCUT2D eigenvalue weighted by Crippen LogP contribution is -2.40. The van der Waals surface area contributed by atoms with E-state index in [-0.39, 0.29) is 18.0 Å². The van der Waals surface area contributed by atoms with E-state index in [1.54, 1.807) is 19.1 Å². The lowest BCUT2D eigenvalue weighted by molar-refractivity contribution is -0.122. The quantitative estimate of drug-likeness (QED) is 0.680. The van der Waals surface area contributed by atoms with Crippen molar-refractivity contribution in [2.75, 3.05) is 19.1 Å². The maximum absolute atomic E-state index is 12.4. The van der Waals surface area contributed by atoms with Crippen LogP contribution in [0.25, 0.3) is 0 Å². The molecule has 2 rings (SSSR count). The average molecular weight is 439 g/mol. The number of sulfonamides is 1. The van der Waals surface area contributed by atoms with Crippen LogP contribution in [0, 0.1) is 6.92 Å². The van der Waals surface area contributed by atoms with Gasteiger partial charge < -0.3 is 5.32 Å². The third kappa shape index (κ3) is 6.95. The summed E-state index contributed by atoms with van der Waals surface area (Å²) >= 11 is 0. The monoisotopic (exact) mass is 438 g/mol. The Hall–Kier alpha value is -2.23. The standard InChI is InChI=1S/C20H26N2O5S2/c1-15-5-7-17(8-6-15)13-22(29(4,26)27)14-20(23)21-16(2)18-9-11-19(12-10-18)28(3,24)25/h5-12,16H,13-14H2,1-4H3,(H,21,23)/t16-/m0/s1. The first-order chi connectivity index (χ1) is 13.4. The van der Waals surface area contributed by atoms with Crippen molar-refractivity contribution >= 4 is 25.8 Å². The number of carbonyl (C=O) groups is 1. The highest BCUT2D eigenvalue weighted by atomic mass is 32.2. The van der Waals surface area contributed by atoms with Crippen molar-refractivity contribution in [3.05, 3.63) is 65.2 Å². The van der Waals surface area contributed by atoms with Crippen molar-refractivity contribution in [3.8, 4) is 0 Å². The first kappa shape index (κ1) is 23.1. The van der Waals surface area contributed by atoms with Crippen LogP contribution in [0.1, 0.15) is 29.7 Å². The molecule has 0 saturated carbocycles. The third-order valence-electron chi connectivity index (χ3n) is 4.45. The molecule has 0 aliphatic heterocycles. The topological polar surface area (TPSA) is 101 Å². The van der Waals surface area contributed by atoms with Crippen LogP contribution in [0.3, 0.4) is 0 Å². The van der Waals surface area contributed by atoms with E-state index in [9.17, 15) is 21.6 Å². The number of sulfone groups is 1. The van der Waals surface area contributed by atoms with Crippen molar-refractivity contribution in [2.45, 2.75) is 31.3 Å². The largest absolute Gasteiger partial charge is 0.348 e.